The Morgan fingerprint density at radius 3 is 2.80 bits per heavy atom. The van der Waals surface area contributed by atoms with Gasteiger partial charge in [-0.2, -0.15) is 0 Å². The molecule has 1 aromatic heterocycles. The number of aliphatic hydroxyl groups is 1. The molecule has 0 bridgehead atoms. The van der Waals surface area contributed by atoms with E-state index in [4.69, 9.17) is 5.11 Å². The Morgan fingerprint density at radius 2 is 2.20 bits per heavy atom. The predicted octanol–water partition coefficient (Wildman–Crippen LogP) is 0.688. The van der Waals surface area contributed by atoms with Gasteiger partial charge in [-0.1, -0.05) is 11.8 Å². The van der Waals surface area contributed by atoms with Crippen molar-refractivity contribution < 1.29 is 14.7 Å². The maximum absolute atomic E-state index is 12.0. The van der Waals surface area contributed by atoms with Gasteiger partial charge in [0.15, 0.2) is 0 Å². The summed E-state index contributed by atoms with van der Waals surface area (Å²) in [6.45, 7) is 3.91. The fourth-order valence-electron chi connectivity index (χ4n) is 1.47. The molecule has 6 heteroatoms. The molecule has 0 fully saturated rings. The molecule has 0 aliphatic carbocycles. The highest BCUT2D eigenvalue weighted by atomic mass is 32.1. The summed E-state index contributed by atoms with van der Waals surface area (Å²) < 4.78 is 0. The van der Waals surface area contributed by atoms with Crippen molar-refractivity contribution in [2.24, 2.45) is 0 Å². The van der Waals surface area contributed by atoms with Crippen molar-refractivity contribution in [3.8, 4) is 11.8 Å². The SMILES string of the molecule is CCN(C)C(=O)C(C)NC(=O)c1ccc(C#CCO)s1. The van der Waals surface area contributed by atoms with Crippen molar-refractivity contribution in [3.63, 3.8) is 0 Å². The minimum atomic E-state index is -0.568. The van der Waals surface area contributed by atoms with E-state index in [2.05, 4.69) is 17.2 Å². The second-order valence-corrected chi connectivity index (χ2v) is 5.26. The highest BCUT2D eigenvalue weighted by Crippen LogP contribution is 2.15. The van der Waals surface area contributed by atoms with Crippen LogP contribution < -0.4 is 5.32 Å². The number of nitrogens with one attached hydrogen (secondary N) is 1. The van der Waals surface area contributed by atoms with E-state index in [1.165, 1.54) is 11.3 Å². The fraction of sp³-hybridized carbons (Fsp3) is 0.429. The molecule has 0 saturated carbocycles. The van der Waals surface area contributed by atoms with Crippen molar-refractivity contribution in [3.05, 3.63) is 21.9 Å². The predicted molar refractivity (Wildman–Crippen MR) is 78.5 cm³/mol. The number of rotatable bonds is 4. The van der Waals surface area contributed by atoms with Crippen molar-refractivity contribution in [2.45, 2.75) is 19.9 Å². The van der Waals surface area contributed by atoms with Crippen molar-refractivity contribution in [2.75, 3.05) is 20.2 Å². The van der Waals surface area contributed by atoms with Gasteiger partial charge in [0.1, 0.15) is 12.6 Å². The van der Waals surface area contributed by atoms with Crippen LogP contribution in [0.2, 0.25) is 0 Å². The van der Waals surface area contributed by atoms with Crippen LogP contribution >= 0.6 is 11.3 Å². The fourth-order valence-corrected chi connectivity index (χ4v) is 2.25. The summed E-state index contributed by atoms with van der Waals surface area (Å²) >= 11 is 1.23. The molecule has 2 amide bonds. The van der Waals surface area contributed by atoms with Crippen LogP contribution in [0.4, 0.5) is 0 Å². The van der Waals surface area contributed by atoms with Gasteiger partial charge < -0.3 is 15.3 Å². The Labute approximate surface area is 122 Å². The van der Waals surface area contributed by atoms with Crippen LogP contribution in [0.15, 0.2) is 12.1 Å². The van der Waals surface area contributed by atoms with Crippen LogP contribution in [0.1, 0.15) is 28.4 Å². The third-order valence-corrected chi connectivity index (χ3v) is 3.69. The molecular formula is C14H18N2O3S. The summed E-state index contributed by atoms with van der Waals surface area (Å²) in [7, 11) is 1.69. The van der Waals surface area contributed by atoms with Crippen LogP contribution in [0.5, 0.6) is 0 Å². The minimum Gasteiger partial charge on any atom is -0.384 e. The summed E-state index contributed by atoms with van der Waals surface area (Å²) in [5.74, 6) is 4.84. The molecule has 5 nitrogen and oxygen atoms in total. The Morgan fingerprint density at radius 1 is 1.50 bits per heavy atom. The molecule has 0 aliphatic rings. The first-order valence-corrected chi connectivity index (χ1v) is 7.06. The van der Waals surface area contributed by atoms with Crippen LogP contribution in [0, 0.1) is 11.8 Å². The van der Waals surface area contributed by atoms with Crippen LogP contribution in [-0.4, -0.2) is 48.1 Å². The molecule has 1 rings (SSSR count). The van der Waals surface area contributed by atoms with Crippen molar-refractivity contribution in [1.82, 2.24) is 10.2 Å². The second kappa shape index (κ2) is 7.68. The number of aliphatic hydroxyl groups excluding tert-OH is 1. The average molecular weight is 294 g/mol. The molecule has 2 N–H and O–H groups in total. The van der Waals surface area contributed by atoms with E-state index in [-0.39, 0.29) is 18.4 Å². The summed E-state index contributed by atoms with van der Waals surface area (Å²) in [6.07, 6.45) is 0. The standard InChI is InChI=1S/C14H18N2O3S/c1-4-16(3)14(19)10(2)15-13(18)12-8-7-11(20-12)6-5-9-17/h7-8,10,17H,4,9H2,1-3H3,(H,15,18). The Balaban J connectivity index is 2.67. The first-order chi connectivity index (χ1) is 9.49. The van der Waals surface area contributed by atoms with Crippen molar-refractivity contribution >= 4 is 23.2 Å². The zero-order valence-corrected chi connectivity index (χ0v) is 12.6. The number of nitrogens with zero attached hydrogens (tertiary/aromatic N) is 1. The largest absolute Gasteiger partial charge is 0.384 e. The Kier molecular flexibility index (Phi) is 6.22. The first-order valence-electron chi connectivity index (χ1n) is 6.25. The van der Waals surface area contributed by atoms with E-state index in [9.17, 15) is 9.59 Å². The lowest BCUT2D eigenvalue weighted by atomic mass is 10.3. The monoisotopic (exact) mass is 294 g/mol. The maximum Gasteiger partial charge on any atom is 0.262 e. The maximum atomic E-state index is 12.0. The van der Waals surface area contributed by atoms with Gasteiger partial charge in [-0.3, -0.25) is 9.59 Å². The third-order valence-electron chi connectivity index (χ3n) is 2.69. The lowest BCUT2D eigenvalue weighted by molar-refractivity contribution is -0.131. The van der Waals surface area contributed by atoms with Gasteiger partial charge in [0.25, 0.3) is 5.91 Å². The van der Waals surface area contributed by atoms with E-state index in [1.54, 1.807) is 31.0 Å². The summed E-state index contributed by atoms with van der Waals surface area (Å²) in [6, 6.07) is 2.80. The van der Waals surface area contributed by atoms with Gasteiger partial charge in [-0.25, -0.2) is 0 Å². The Hall–Kier alpha value is -1.84. The number of amides is 2. The van der Waals surface area contributed by atoms with Crippen LogP contribution in [0.3, 0.4) is 0 Å². The number of thiophene rings is 1. The van der Waals surface area contributed by atoms with Crippen molar-refractivity contribution in [1.29, 1.82) is 0 Å². The normalized spacial score (nSPS) is 11.2. The third kappa shape index (κ3) is 4.37. The van der Waals surface area contributed by atoms with E-state index < -0.39 is 6.04 Å². The molecule has 0 aliphatic heterocycles. The molecule has 1 heterocycles. The molecule has 1 aromatic rings. The summed E-state index contributed by atoms with van der Waals surface area (Å²) in [5.41, 5.74) is 0. The number of hydrogen-bond acceptors (Lipinski definition) is 4. The Bertz CT molecular complexity index is 542. The summed E-state index contributed by atoms with van der Waals surface area (Å²) in [4.78, 5) is 26.6. The lowest BCUT2D eigenvalue weighted by Gasteiger charge is -2.20. The zero-order valence-electron chi connectivity index (χ0n) is 11.8. The van der Waals surface area contributed by atoms with Crippen LogP contribution in [0.25, 0.3) is 0 Å². The van der Waals surface area contributed by atoms with Gasteiger partial charge in [0.05, 0.1) is 9.75 Å². The zero-order chi connectivity index (χ0) is 15.1. The average Bonchev–Trinajstić information content (AvgIpc) is 2.92. The number of carbonyl (C=O) groups excluding carboxylic acids is 2. The molecule has 1 unspecified atom stereocenters. The first kappa shape index (κ1) is 16.2. The molecule has 0 radical (unpaired) electrons. The number of hydrogen-bond donors (Lipinski definition) is 2. The molecule has 0 spiro atoms. The van der Waals surface area contributed by atoms with Crippen LogP contribution in [-0.2, 0) is 4.79 Å². The second-order valence-electron chi connectivity index (χ2n) is 4.17. The van der Waals surface area contributed by atoms with Gasteiger partial charge in [-0.05, 0) is 26.0 Å². The molecule has 1 atom stereocenters. The molecule has 0 saturated heterocycles. The smallest absolute Gasteiger partial charge is 0.262 e. The van der Waals surface area contributed by atoms with Gasteiger partial charge >= 0.3 is 0 Å². The number of carbonyl (C=O) groups is 2. The highest BCUT2D eigenvalue weighted by molar-refractivity contribution is 7.14. The van der Waals surface area contributed by atoms with E-state index in [0.717, 1.165) is 0 Å². The number of likely N-dealkylation sites (N-methyl/N-ethyl adjacent to an activating group) is 1. The molecular weight excluding hydrogens is 276 g/mol. The van der Waals surface area contributed by atoms with Gasteiger partial charge in [0, 0.05) is 13.6 Å². The highest BCUT2D eigenvalue weighted by Gasteiger charge is 2.19. The quantitative estimate of drug-likeness (QED) is 0.803. The lowest BCUT2D eigenvalue weighted by Crippen LogP contribution is -2.45. The van der Waals surface area contributed by atoms with E-state index >= 15 is 0 Å². The van der Waals surface area contributed by atoms with Gasteiger partial charge in [0.2, 0.25) is 5.91 Å². The molecule has 20 heavy (non-hydrogen) atoms. The topological polar surface area (TPSA) is 69.6 Å². The van der Waals surface area contributed by atoms with E-state index in [0.29, 0.717) is 16.3 Å². The molecule has 108 valence electrons. The molecule has 0 aromatic carbocycles. The summed E-state index contributed by atoms with van der Waals surface area (Å²) in [5, 5.41) is 11.3. The van der Waals surface area contributed by atoms with Gasteiger partial charge in [-0.15, -0.1) is 11.3 Å². The van der Waals surface area contributed by atoms with E-state index in [1.807, 2.05) is 6.92 Å². The minimum absolute atomic E-state index is 0.127.